The summed E-state index contributed by atoms with van der Waals surface area (Å²) in [5.74, 6) is -0.423. The number of aromatic nitrogens is 1. The number of benzene rings is 2. The summed E-state index contributed by atoms with van der Waals surface area (Å²) in [6.07, 6.45) is 3.08. The molecule has 0 fully saturated rings. The van der Waals surface area contributed by atoms with Gasteiger partial charge in [0.15, 0.2) is 0 Å². The van der Waals surface area contributed by atoms with Crippen LogP contribution in [0.4, 0.5) is 4.79 Å². The second-order valence-corrected chi connectivity index (χ2v) is 6.13. The molecule has 3 rings (SSSR count). The van der Waals surface area contributed by atoms with Crippen LogP contribution in [0.3, 0.4) is 0 Å². The van der Waals surface area contributed by atoms with Gasteiger partial charge in [0.25, 0.3) is 5.91 Å². The second-order valence-electron chi connectivity index (χ2n) is 6.13. The van der Waals surface area contributed by atoms with E-state index in [2.05, 4.69) is 20.8 Å². The van der Waals surface area contributed by atoms with Gasteiger partial charge in [0, 0.05) is 29.1 Å². The first-order valence-corrected chi connectivity index (χ1v) is 9.03. The van der Waals surface area contributed by atoms with Crippen molar-refractivity contribution < 1.29 is 14.3 Å². The average molecular weight is 378 g/mol. The smallest absolute Gasteiger partial charge is 0.407 e. The van der Waals surface area contributed by atoms with Crippen molar-refractivity contribution in [2.24, 2.45) is 5.10 Å². The van der Waals surface area contributed by atoms with Crippen LogP contribution in [-0.2, 0) is 16.0 Å². The zero-order chi connectivity index (χ0) is 19.8. The van der Waals surface area contributed by atoms with Crippen molar-refractivity contribution in [1.82, 2.24) is 15.7 Å². The van der Waals surface area contributed by atoms with Gasteiger partial charge in [-0.1, -0.05) is 48.5 Å². The summed E-state index contributed by atoms with van der Waals surface area (Å²) in [6.45, 7) is 1.93. The van der Waals surface area contributed by atoms with Gasteiger partial charge in [0.1, 0.15) is 6.04 Å². The number of rotatable bonds is 7. The summed E-state index contributed by atoms with van der Waals surface area (Å²) >= 11 is 0. The molecule has 0 spiro atoms. The van der Waals surface area contributed by atoms with Crippen LogP contribution in [0.15, 0.2) is 65.9 Å². The molecule has 2 aromatic carbocycles. The highest BCUT2D eigenvalue weighted by atomic mass is 16.5. The molecule has 3 N–H and O–H groups in total. The molecule has 0 aliphatic carbocycles. The highest BCUT2D eigenvalue weighted by molar-refractivity contribution is 5.99. The van der Waals surface area contributed by atoms with Gasteiger partial charge in [-0.3, -0.25) is 4.79 Å². The van der Waals surface area contributed by atoms with Crippen LogP contribution in [0, 0.1) is 0 Å². The number of alkyl carbamates (subject to hydrolysis) is 1. The van der Waals surface area contributed by atoms with E-state index in [0.717, 1.165) is 22.0 Å². The number of fused-ring (bicyclic) bond motifs is 1. The van der Waals surface area contributed by atoms with E-state index >= 15 is 0 Å². The Bertz CT molecular complexity index is 966. The standard InChI is InChI=1S/C21H22N4O3/c1-2-28-21(27)24-19(12-15-8-4-3-5-9-15)20(26)25-23-14-16-13-22-18-11-7-6-10-17(16)18/h3-11,13-14,19,22H,2,12H2,1H3,(H,24,27)(H,25,26)/b23-14-/t19-/m1/s1. The Labute approximate surface area is 162 Å². The number of para-hydroxylation sites is 1. The third kappa shape index (κ3) is 4.97. The van der Waals surface area contributed by atoms with Crippen LogP contribution < -0.4 is 10.7 Å². The topological polar surface area (TPSA) is 95.6 Å². The molecular weight excluding hydrogens is 356 g/mol. The van der Waals surface area contributed by atoms with Crippen LogP contribution in [0.2, 0.25) is 0 Å². The lowest BCUT2D eigenvalue weighted by Gasteiger charge is -2.16. The van der Waals surface area contributed by atoms with E-state index in [1.807, 2.05) is 60.8 Å². The van der Waals surface area contributed by atoms with Crippen molar-refractivity contribution in [3.8, 4) is 0 Å². The minimum atomic E-state index is -0.804. The lowest BCUT2D eigenvalue weighted by atomic mass is 10.1. The Morgan fingerprint density at radius 3 is 2.68 bits per heavy atom. The van der Waals surface area contributed by atoms with Gasteiger partial charge in [-0.2, -0.15) is 5.10 Å². The normalized spacial score (nSPS) is 12.0. The predicted molar refractivity (Wildman–Crippen MR) is 108 cm³/mol. The fourth-order valence-electron chi connectivity index (χ4n) is 2.82. The molecule has 0 saturated carbocycles. The van der Waals surface area contributed by atoms with Crippen molar-refractivity contribution in [3.63, 3.8) is 0 Å². The number of hydrazone groups is 1. The van der Waals surface area contributed by atoms with Gasteiger partial charge in [-0.25, -0.2) is 10.2 Å². The first-order chi connectivity index (χ1) is 13.7. The maximum absolute atomic E-state index is 12.6. The maximum Gasteiger partial charge on any atom is 0.407 e. The molecule has 0 radical (unpaired) electrons. The minimum absolute atomic E-state index is 0.226. The fraction of sp³-hybridized carbons (Fsp3) is 0.190. The zero-order valence-corrected chi connectivity index (χ0v) is 15.5. The summed E-state index contributed by atoms with van der Waals surface area (Å²) in [7, 11) is 0. The van der Waals surface area contributed by atoms with E-state index in [1.54, 1.807) is 13.1 Å². The molecule has 0 aliphatic heterocycles. The summed E-state index contributed by atoms with van der Waals surface area (Å²) in [5, 5.41) is 7.63. The van der Waals surface area contributed by atoms with Crippen molar-refractivity contribution >= 4 is 29.1 Å². The molecule has 1 heterocycles. The highest BCUT2D eigenvalue weighted by Crippen LogP contribution is 2.15. The van der Waals surface area contributed by atoms with Gasteiger partial charge in [0.2, 0.25) is 0 Å². The van der Waals surface area contributed by atoms with E-state index in [1.165, 1.54) is 0 Å². The lowest BCUT2D eigenvalue weighted by molar-refractivity contribution is -0.123. The second kappa shape index (κ2) is 9.36. The number of ether oxygens (including phenoxy) is 1. The van der Waals surface area contributed by atoms with Gasteiger partial charge in [-0.05, 0) is 18.6 Å². The Morgan fingerprint density at radius 2 is 1.89 bits per heavy atom. The van der Waals surface area contributed by atoms with Gasteiger partial charge < -0.3 is 15.0 Å². The number of carbonyl (C=O) groups is 2. The zero-order valence-electron chi connectivity index (χ0n) is 15.5. The van der Waals surface area contributed by atoms with Gasteiger partial charge in [-0.15, -0.1) is 0 Å². The number of nitrogens with zero attached hydrogens (tertiary/aromatic N) is 1. The number of hydrogen-bond acceptors (Lipinski definition) is 4. The molecule has 1 atom stereocenters. The number of aromatic amines is 1. The monoisotopic (exact) mass is 378 g/mol. The third-order valence-corrected chi connectivity index (χ3v) is 4.17. The quantitative estimate of drug-likeness (QED) is 0.436. The number of hydrogen-bond donors (Lipinski definition) is 3. The van der Waals surface area contributed by atoms with Crippen LogP contribution in [0.5, 0.6) is 0 Å². The van der Waals surface area contributed by atoms with Gasteiger partial charge in [0.05, 0.1) is 12.8 Å². The molecule has 7 heteroatoms. The molecule has 144 valence electrons. The van der Waals surface area contributed by atoms with E-state index in [9.17, 15) is 9.59 Å². The fourth-order valence-corrected chi connectivity index (χ4v) is 2.82. The Morgan fingerprint density at radius 1 is 1.14 bits per heavy atom. The molecule has 28 heavy (non-hydrogen) atoms. The minimum Gasteiger partial charge on any atom is -0.450 e. The molecule has 2 amide bonds. The number of H-pyrrole nitrogens is 1. The van der Waals surface area contributed by atoms with Gasteiger partial charge >= 0.3 is 6.09 Å². The van der Waals surface area contributed by atoms with E-state index in [0.29, 0.717) is 6.42 Å². The first kappa shape index (κ1) is 19.2. The summed E-state index contributed by atoms with van der Waals surface area (Å²) in [4.78, 5) is 27.5. The van der Waals surface area contributed by atoms with Crippen molar-refractivity contribution in [1.29, 1.82) is 0 Å². The largest absolute Gasteiger partial charge is 0.450 e. The molecule has 1 aromatic heterocycles. The first-order valence-electron chi connectivity index (χ1n) is 9.03. The summed E-state index contributed by atoms with van der Waals surface area (Å²) in [5.41, 5.74) is 5.26. The molecule has 3 aromatic rings. The molecule has 0 bridgehead atoms. The Hall–Kier alpha value is -3.61. The van der Waals surface area contributed by atoms with E-state index in [-0.39, 0.29) is 6.61 Å². The van der Waals surface area contributed by atoms with Crippen molar-refractivity contribution in [2.75, 3.05) is 6.61 Å². The lowest BCUT2D eigenvalue weighted by Crippen LogP contribution is -2.47. The Kier molecular flexibility index (Phi) is 6.41. The molecule has 7 nitrogen and oxygen atoms in total. The highest BCUT2D eigenvalue weighted by Gasteiger charge is 2.21. The summed E-state index contributed by atoms with van der Waals surface area (Å²) in [6, 6.07) is 16.4. The molecule has 0 unspecified atom stereocenters. The average Bonchev–Trinajstić information content (AvgIpc) is 3.12. The SMILES string of the molecule is CCOC(=O)N[C@H](Cc1ccccc1)C(=O)N/N=C\c1c[nH]c2ccccc12. The number of nitrogens with one attached hydrogen (secondary N) is 3. The number of amides is 2. The van der Waals surface area contributed by atoms with E-state index in [4.69, 9.17) is 4.74 Å². The molecule has 0 aliphatic rings. The van der Waals surface area contributed by atoms with Crippen molar-refractivity contribution in [3.05, 3.63) is 71.9 Å². The van der Waals surface area contributed by atoms with Crippen LogP contribution in [0.25, 0.3) is 10.9 Å². The number of carbonyl (C=O) groups excluding carboxylic acids is 2. The third-order valence-electron chi connectivity index (χ3n) is 4.17. The maximum atomic E-state index is 12.6. The molecule has 0 saturated heterocycles. The molecular formula is C21H22N4O3. The van der Waals surface area contributed by atoms with Crippen LogP contribution >= 0.6 is 0 Å². The van der Waals surface area contributed by atoms with Crippen LogP contribution in [-0.4, -0.2) is 35.8 Å². The Balaban J connectivity index is 1.68. The van der Waals surface area contributed by atoms with Crippen molar-refractivity contribution in [2.45, 2.75) is 19.4 Å². The van der Waals surface area contributed by atoms with E-state index < -0.39 is 18.0 Å². The summed E-state index contributed by atoms with van der Waals surface area (Å²) < 4.78 is 4.90. The predicted octanol–water partition coefficient (Wildman–Crippen LogP) is 2.98. The van der Waals surface area contributed by atoms with Crippen LogP contribution in [0.1, 0.15) is 18.1 Å².